The van der Waals surface area contributed by atoms with Gasteiger partial charge in [0.05, 0.1) is 0 Å². The van der Waals surface area contributed by atoms with Crippen LogP contribution in [0.4, 0.5) is 11.4 Å². The van der Waals surface area contributed by atoms with Crippen LogP contribution in [0.2, 0.25) is 0 Å². The molecule has 0 saturated heterocycles. The van der Waals surface area contributed by atoms with Crippen LogP contribution in [0.15, 0.2) is 18.2 Å². The first-order valence-electron chi connectivity index (χ1n) is 6.80. The number of hydrogen-bond donors (Lipinski definition) is 2. The van der Waals surface area contributed by atoms with Gasteiger partial charge in [-0.3, -0.25) is 4.79 Å². The lowest BCUT2D eigenvalue weighted by Gasteiger charge is -2.23. The van der Waals surface area contributed by atoms with Gasteiger partial charge in [-0.1, -0.05) is 13.0 Å². The van der Waals surface area contributed by atoms with E-state index in [1.807, 2.05) is 26.1 Å². The van der Waals surface area contributed by atoms with E-state index >= 15 is 0 Å². The molecule has 106 valence electrons. The van der Waals surface area contributed by atoms with E-state index in [9.17, 15) is 4.79 Å². The van der Waals surface area contributed by atoms with Gasteiger partial charge in [-0.2, -0.15) is 0 Å². The third-order valence-corrected chi connectivity index (χ3v) is 3.57. The summed E-state index contributed by atoms with van der Waals surface area (Å²) in [5, 5.41) is 2.92. The third-order valence-electron chi connectivity index (χ3n) is 3.57. The average molecular weight is 263 g/mol. The number of nitrogens with one attached hydrogen (secondary N) is 1. The molecule has 0 aliphatic carbocycles. The maximum absolute atomic E-state index is 11.9. The van der Waals surface area contributed by atoms with Gasteiger partial charge >= 0.3 is 0 Å². The summed E-state index contributed by atoms with van der Waals surface area (Å²) in [6, 6.07) is 6.05. The summed E-state index contributed by atoms with van der Waals surface area (Å²) in [6.45, 7) is 7.04. The van der Waals surface area contributed by atoms with Crippen molar-refractivity contribution in [3.63, 3.8) is 0 Å². The molecule has 1 aromatic rings. The molecule has 0 bridgehead atoms. The van der Waals surface area contributed by atoms with Crippen molar-refractivity contribution in [3.8, 4) is 0 Å². The van der Waals surface area contributed by atoms with Crippen LogP contribution in [-0.2, 0) is 4.79 Å². The fraction of sp³-hybridized carbons (Fsp3) is 0.533. The smallest absolute Gasteiger partial charge is 0.225 e. The molecule has 4 nitrogen and oxygen atoms in total. The Kier molecular flexibility index (Phi) is 5.83. The zero-order chi connectivity index (χ0) is 14.4. The molecule has 1 atom stereocenters. The van der Waals surface area contributed by atoms with Crippen LogP contribution in [0.1, 0.15) is 32.3 Å². The summed E-state index contributed by atoms with van der Waals surface area (Å²) < 4.78 is 0. The molecule has 4 heteroatoms. The predicted molar refractivity (Wildman–Crippen MR) is 81.2 cm³/mol. The number of aryl methyl sites for hydroxylation is 1. The SMILES string of the molecule is CCC(C)N(C)CCC(=O)Nc1cc(N)ccc1C. The van der Waals surface area contributed by atoms with E-state index in [1.54, 1.807) is 6.07 Å². The van der Waals surface area contributed by atoms with Crippen molar-refractivity contribution in [1.82, 2.24) is 4.90 Å². The van der Waals surface area contributed by atoms with E-state index in [-0.39, 0.29) is 5.91 Å². The number of benzene rings is 1. The minimum atomic E-state index is 0.0313. The van der Waals surface area contributed by atoms with E-state index < -0.39 is 0 Å². The van der Waals surface area contributed by atoms with Gasteiger partial charge in [-0.15, -0.1) is 0 Å². The first kappa shape index (κ1) is 15.5. The molecule has 0 fully saturated rings. The molecule has 3 N–H and O–H groups in total. The van der Waals surface area contributed by atoms with Crippen LogP contribution in [0.25, 0.3) is 0 Å². The van der Waals surface area contributed by atoms with Crippen molar-refractivity contribution in [2.45, 2.75) is 39.7 Å². The van der Waals surface area contributed by atoms with Gasteiger partial charge in [0.25, 0.3) is 0 Å². The molecule has 1 rings (SSSR count). The molecule has 0 saturated carbocycles. The molecule has 0 heterocycles. The summed E-state index contributed by atoms with van der Waals surface area (Å²) in [7, 11) is 2.05. The number of nitrogens with two attached hydrogens (primary N) is 1. The zero-order valence-electron chi connectivity index (χ0n) is 12.4. The van der Waals surface area contributed by atoms with Gasteiger partial charge in [0, 0.05) is 30.4 Å². The lowest BCUT2D eigenvalue weighted by atomic mass is 10.1. The van der Waals surface area contributed by atoms with Crippen molar-refractivity contribution in [1.29, 1.82) is 0 Å². The Morgan fingerprint density at radius 3 is 2.79 bits per heavy atom. The van der Waals surface area contributed by atoms with Crippen molar-refractivity contribution in [3.05, 3.63) is 23.8 Å². The highest BCUT2D eigenvalue weighted by Gasteiger charge is 2.10. The van der Waals surface area contributed by atoms with Crippen molar-refractivity contribution >= 4 is 17.3 Å². The number of carbonyl (C=O) groups excluding carboxylic acids is 1. The molecular weight excluding hydrogens is 238 g/mol. The lowest BCUT2D eigenvalue weighted by molar-refractivity contribution is -0.116. The standard InChI is InChI=1S/C15H25N3O/c1-5-12(3)18(4)9-8-15(19)17-14-10-13(16)7-6-11(14)2/h6-7,10,12H,5,8-9,16H2,1-4H3,(H,17,19). The molecular formula is C15H25N3O. The molecule has 19 heavy (non-hydrogen) atoms. The van der Waals surface area contributed by atoms with Crippen LogP contribution >= 0.6 is 0 Å². The summed E-state index contributed by atoms with van der Waals surface area (Å²) >= 11 is 0. The highest BCUT2D eigenvalue weighted by atomic mass is 16.1. The first-order chi connectivity index (χ1) is 8.93. The van der Waals surface area contributed by atoms with Gasteiger partial charge in [0.1, 0.15) is 0 Å². The average Bonchev–Trinajstić information content (AvgIpc) is 2.39. The zero-order valence-corrected chi connectivity index (χ0v) is 12.4. The second-order valence-electron chi connectivity index (χ2n) is 5.11. The highest BCUT2D eigenvalue weighted by molar-refractivity contribution is 5.92. The predicted octanol–water partition coefficient (Wildman–Crippen LogP) is 2.64. The van der Waals surface area contributed by atoms with Gasteiger partial charge in [0.15, 0.2) is 0 Å². The Morgan fingerprint density at radius 2 is 2.16 bits per heavy atom. The van der Waals surface area contributed by atoms with E-state index in [2.05, 4.69) is 24.1 Å². The minimum absolute atomic E-state index is 0.0313. The van der Waals surface area contributed by atoms with E-state index in [0.717, 1.165) is 24.2 Å². The maximum Gasteiger partial charge on any atom is 0.225 e. The Bertz CT molecular complexity index is 431. The van der Waals surface area contributed by atoms with Gasteiger partial charge in [-0.05, 0) is 45.0 Å². The number of hydrogen-bond acceptors (Lipinski definition) is 3. The summed E-state index contributed by atoms with van der Waals surface area (Å²) in [4.78, 5) is 14.1. The van der Waals surface area contributed by atoms with Crippen molar-refractivity contribution in [2.24, 2.45) is 0 Å². The van der Waals surface area contributed by atoms with Crippen molar-refractivity contribution < 1.29 is 4.79 Å². The second-order valence-corrected chi connectivity index (χ2v) is 5.11. The fourth-order valence-corrected chi connectivity index (χ4v) is 1.80. The Hall–Kier alpha value is -1.55. The van der Waals surface area contributed by atoms with Gasteiger partial charge < -0.3 is 16.0 Å². The van der Waals surface area contributed by atoms with E-state index in [1.165, 1.54) is 0 Å². The minimum Gasteiger partial charge on any atom is -0.399 e. The lowest BCUT2D eigenvalue weighted by Crippen LogP contribution is -2.31. The third kappa shape index (κ3) is 4.91. The Morgan fingerprint density at radius 1 is 1.47 bits per heavy atom. The summed E-state index contributed by atoms with van der Waals surface area (Å²) in [5.74, 6) is 0.0313. The number of nitrogen functional groups attached to an aromatic ring is 1. The first-order valence-corrected chi connectivity index (χ1v) is 6.80. The van der Waals surface area contributed by atoms with Gasteiger partial charge in [-0.25, -0.2) is 0 Å². The highest BCUT2D eigenvalue weighted by Crippen LogP contribution is 2.18. The molecule has 0 spiro atoms. The number of nitrogens with zero attached hydrogens (tertiary/aromatic N) is 1. The molecule has 1 unspecified atom stereocenters. The summed E-state index contributed by atoms with van der Waals surface area (Å²) in [5.41, 5.74) is 8.22. The van der Waals surface area contributed by atoms with Crippen LogP contribution in [0, 0.1) is 6.92 Å². The maximum atomic E-state index is 11.9. The normalized spacial score (nSPS) is 12.5. The Balaban J connectivity index is 2.49. The molecule has 0 radical (unpaired) electrons. The molecule has 1 amide bonds. The summed E-state index contributed by atoms with van der Waals surface area (Å²) in [6.07, 6.45) is 1.58. The second kappa shape index (κ2) is 7.14. The van der Waals surface area contributed by atoms with Crippen LogP contribution in [0.3, 0.4) is 0 Å². The monoisotopic (exact) mass is 263 g/mol. The Labute approximate surface area is 116 Å². The molecule has 0 aromatic heterocycles. The quantitative estimate of drug-likeness (QED) is 0.776. The topological polar surface area (TPSA) is 58.4 Å². The van der Waals surface area contributed by atoms with E-state index in [4.69, 9.17) is 5.73 Å². The fourth-order valence-electron chi connectivity index (χ4n) is 1.80. The molecule has 1 aromatic carbocycles. The van der Waals surface area contributed by atoms with Crippen LogP contribution in [-0.4, -0.2) is 30.4 Å². The number of carbonyl (C=O) groups is 1. The number of anilines is 2. The molecule has 0 aliphatic heterocycles. The number of rotatable bonds is 6. The number of amides is 1. The van der Waals surface area contributed by atoms with E-state index in [0.29, 0.717) is 18.2 Å². The van der Waals surface area contributed by atoms with Gasteiger partial charge in [0.2, 0.25) is 5.91 Å². The molecule has 0 aliphatic rings. The van der Waals surface area contributed by atoms with Crippen LogP contribution in [0.5, 0.6) is 0 Å². The van der Waals surface area contributed by atoms with Crippen LogP contribution < -0.4 is 11.1 Å². The largest absolute Gasteiger partial charge is 0.399 e. The van der Waals surface area contributed by atoms with Crippen molar-refractivity contribution in [2.75, 3.05) is 24.6 Å².